The van der Waals surface area contributed by atoms with Crippen LogP contribution in [-0.4, -0.2) is 23.4 Å². The van der Waals surface area contributed by atoms with Crippen molar-refractivity contribution in [3.8, 4) is 0 Å². The first kappa shape index (κ1) is 12.0. The van der Waals surface area contributed by atoms with Gasteiger partial charge in [-0.1, -0.05) is 15.9 Å². The molecular formula is C14H17BrN2O. The molecule has 0 spiro atoms. The second-order valence-electron chi connectivity index (χ2n) is 5.41. The van der Waals surface area contributed by atoms with Gasteiger partial charge in [0.25, 0.3) is 5.91 Å². The van der Waals surface area contributed by atoms with Gasteiger partial charge in [0.05, 0.1) is 0 Å². The van der Waals surface area contributed by atoms with Crippen LogP contribution in [0.3, 0.4) is 0 Å². The molecular weight excluding hydrogens is 292 g/mol. The Bertz CT molecular complexity index is 460. The number of nitrogen functional groups attached to an aromatic ring is 1. The van der Waals surface area contributed by atoms with Crippen molar-refractivity contribution in [2.45, 2.75) is 31.7 Å². The lowest BCUT2D eigenvalue weighted by Crippen LogP contribution is -2.34. The number of carbonyl (C=O) groups excluding carboxylic acids is 1. The normalized spacial score (nSPS) is 18.7. The molecule has 0 aliphatic heterocycles. The molecule has 96 valence electrons. The van der Waals surface area contributed by atoms with Gasteiger partial charge in [-0.2, -0.15) is 0 Å². The summed E-state index contributed by atoms with van der Waals surface area (Å²) in [5, 5.41) is 0. The summed E-state index contributed by atoms with van der Waals surface area (Å²) in [6, 6.07) is 5.92. The first-order chi connectivity index (χ1) is 8.63. The number of hydrogen-bond acceptors (Lipinski definition) is 2. The molecule has 2 N–H and O–H groups in total. The van der Waals surface area contributed by atoms with Gasteiger partial charge < -0.3 is 10.6 Å². The smallest absolute Gasteiger partial charge is 0.254 e. The van der Waals surface area contributed by atoms with E-state index < -0.39 is 0 Å². The van der Waals surface area contributed by atoms with Gasteiger partial charge in [0, 0.05) is 28.3 Å². The highest BCUT2D eigenvalue weighted by Crippen LogP contribution is 2.36. The van der Waals surface area contributed by atoms with E-state index in [4.69, 9.17) is 5.73 Å². The van der Waals surface area contributed by atoms with Gasteiger partial charge in [-0.25, -0.2) is 0 Å². The molecule has 0 unspecified atom stereocenters. The Balaban J connectivity index is 1.81. The number of anilines is 1. The third kappa shape index (κ3) is 2.69. The number of hydrogen-bond donors (Lipinski definition) is 1. The fraction of sp³-hybridized carbons (Fsp3) is 0.500. The molecule has 0 radical (unpaired) electrons. The average Bonchev–Trinajstić information content (AvgIpc) is 3.15. The number of halogens is 1. The van der Waals surface area contributed by atoms with Gasteiger partial charge in [-0.05, 0) is 49.8 Å². The van der Waals surface area contributed by atoms with E-state index in [1.165, 1.54) is 12.8 Å². The van der Waals surface area contributed by atoms with E-state index in [1.807, 2.05) is 12.1 Å². The van der Waals surface area contributed by atoms with Crippen LogP contribution in [0.25, 0.3) is 0 Å². The molecule has 3 rings (SSSR count). The molecule has 0 saturated heterocycles. The van der Waals surface area contributed by atoms with E-state index >= 15 is 0 Å². The SMILES string of the molecule is Nc1cc(Br)cc(C(=O)N(CC2CC2)C2CC2)c1. The van der Waals surface area contributed by atoms with E-state index in [1.54, 1.807) is 6.07 Å². The fourth-order valence-corrected chi connectivity index (χ4v) is 2.78. The van der Waals surface area contributed by atoms with Crippen LogP contribution in [0.2, 0.25) is 0 Å². The van der Waals surface area contributed by atoms with E-state index in [0.29, 0.717) is 17.3 Å². The van der Waals surface area contributed by atoms with Crippen LogP contribution in [-0.2, 0) is 0 Å². The van der Waals surface area contributed by atoms with Crippen LogP contribution in [0, 0.1) is 5.92 Å². The summed E-state index contributed by atoms with van der Waals surface area (Å²) in [6.45, 7) is 0.927. The Morgan fingerprint density at radius 1 is 1.28 bits per heavy atom. The second kappa shape index (κ2) is 4.57. The number of rotatable bonds is 4. The molecule has 0 aromatic heterocycles. The summed E-state index contributed by atoms with van der Waals surface area (Å²) in [4.78, 5) is 14.6. The zero-order chi connectivity index (χ0) is 12.7. The van der Waals surface area contributed by atoms with Crippen molar-refractivity contribution in [3.05, 3.63) is 28.2 Å². The van der Waals surface area contributed by atoms with Gasteiger partial charge in [0.15, 0.2) is 0 Å². The van der Waals surface area contributed by atoms with Crippen molar-refractivity contribution in [2.24, 2.45) is 5.92 Å². The minimum absolute atomic E-state index is 0.136. The third-order valence-corrected chi connectivity index (χ3v) is 4.03. The molecule has 1 aromatic carbocycles. The molecule has 3 nitrogen and oxygen atoms in total. The summed E-state index contributed by atoms with van der Waals surface area (Å²) in [5.41, 5.74) is 7.14. The van der Waals surface area contributed by atoms with Gasteiger partial charge in [-0.3, -0.25) is 4.79 Å². The minimum atomic E-state index is 0.136. The second-order valence-corrected chi connectivity index (χ2v) is 6.32. The van der Waals surface area contributed by atoms with Gasteiger partial charge in [0.2, 0.25) is 0 Å². The molecule has 2 aliphatic carbocycles. The first-order valence-electron chi connectivity index (χ1n) is 6.50. The maximum Gasteiger partial charge on any atom is 0.254 e. The molecule has 0 bridgehead atoms. The monoisotopic (exact) mass is 308 g/mol. The van der Waals surface area contributed by atoms with E-state index in [-0.39, 0.29) is 5.91 Å². The third-order valence-electron chi connectivity index (χ3n) is 3.57. The topological polar surface area (TPSA) is 46.3 Å². The summed E-state index contributed by atoms with van der Waals surface area (Å²) in [7, 11) is 0. The summed E-state index contributed by atoms with van der Waals surface area (Å²) >= 11 is 3.40. The minimum Gasteiger partial charge on any atom is -0.399 e. The zero-order valence-corrected chi connectivity index (χ0v) is 11.8. The highest BCUT2D eigenvalue weighted by molar-refractivity contribution is 9.10. The summed E-state index contributed by atoms with van der Waals surface area (Å²) < 4.78 is 0.869. The van der Waals surface area contributed by atoms with Gasteiger partial charge in [0.1, 0.15) is 0 Å². The Hall–Kier alpha value is -1.03. The lowest BCUT2D eigenvalue weighted by atomic mass is 10.1. The fourth-order valence-electron chi connectivity index (χ4n) is 2.26. The molecule has 0 heterocycles. The lowest BCUT2D eigenvalue weighted by molar-refractivity contribution is 0.0735. The predicted molar refractivity (Wildman–Crippen MR) is 75.3 cm³/mol. The Morgan fingerprint density at radius 3 is 2.56 bits per heavy atom. The number of carbonyl (C=O) groups is 1. The Kier molecular flexibility index (Phi) is 3.06. The molecule has 4 heteroatoms. The van der Waals surface area contributed by atoms with Crippen molar-refractivity contribution in [1.29, 1.82) is 0 Å². The largest absolute Gasteiger partial charge is 0.399 e. The van der Waals surface area contributed by atoms with Crippen LogP contribution in [0.1, 0.15) is 36.0 Å². The standard InChI is InChI=1S/C14H17BrN2O/c15-11-5-10(6-12(16)7-11)14(18)17(13-3-4-13)8-9-1-2-9/h5-7,9,13H,1-4,8,16H2. The molecule has 2 fully saturated rings. The van der Waals surface area contributed by atoms with E-state index in [0.717, 1.165) is 29.8 Å². The first-order valence-corrected chi connectivity index (χ1v) is 7.30. The molecule has 1 amide bonds. The van der Waals surface area contributed by atoms with Crippen molar-refractivity contribution in [3.63, 3.8) is 0 Å². The van der Waals surface area contributed by atoms with Crippen molar-refractivity contribution >= 4 is 27.5 Å². The predicted octanol–water partition coefficient (Wildman–Crippen LogP) is 3.05. The molecule has 18 heavy (non-hydrogen) atoms. The van der Waals surface area contributed by atoms with Crippen LogP contribution in [0.4, 0.5) is 5.69 Å². The van der Waals surface area contributed by atoms with Crippen molar-refractivity contribution in [1.82, 2.24) is 4.90 Å². The van der Waals surface area contributed by atoms with Crippen molar-refractivity contribution < 1.29 is 4.79 Å². The number of benzene rings is 1. The molecule has 2 saturated carbocycles. The number of nitrogens with zero attached hydrogens (tertiary/aromatic N) is 1. The number of nitrogens with two attached hydrogens (primary N) is 1. The van der Waals surface area contributed by atoms with Crippen LogP contribution >= 0.6 is 15.9 Å². The lowest BCUT2D eigenvalue weighted by Gasteiger charge is -2.22. The van der Waals surface area contributed by atoms with E-state index in [2.05, 4.69) is 20.8 Å². The molecule has 2 aliphatic rings. The summed E-state index contributed by atoms with van der Waals surface area (Å²) in [6.07, 6.45) is 4.86. The zero-order valence-electron chi connectivity index (χ0n) is 10.2. The van der Waals surface area contributed by atoms with Crippen molar-refractivity contribution in [2.75, 3.05) is 12.3 Å². The summed E-state index contributed by atoms with van der Waals surface area (Å²) in [5.74, 6) is 0.872. The molecule has 1 aromatic rings. The highest BCUT2D eigenvalue weighted by atomic mass is 79.9. The Labute approximate surface area is 115 Å². The van der Waals surface area contributed by atoms with Gasteiger partial charge in [-0.15, -0.1) is 0 Å². The van der Waals surface area contributed by atoms with Crippen LogP contribution < -0.4 is 5.73 Å². The Morgan fingerprint density at radius 2 is 2.00 bits per heavy atom. The van der Waals surface area contributed by atoms with E-state index in [9.17, 15) is 4.79 Å². The quantitative estimate of drug-likeness (QED) is 0.869. The highest BCUT2D eigenvalue weighted by Gasteiger charge is 2.36. The maximum atomic E-state index is 12.5. The molecule has 0 atom stereocenters. The average molecular weight is 309 g/mol. The van der Waals surface area contributed by atoms with Crippen LogP contribution in [0.5, 0.6) is 0 Å². The maximum absolute atomic E-state index is 12.5. The number of amides is 1. The van der Waals surface area contributed by atoms with Crippen LogP contribution in [0.15, 0.2) is 22.7 Å². The van der Waals surface area contributed by atoms with Gasteiger partial charge >= 0.3 is 0 Å².